The fraction of sp³-hybridized carbons (Fsp3) is 0.667. The number of fused-ring (bicyclic) bond motifs is 1. The number of halogens is 1. The van der Waals surface area contributed by atoms with E-state index in [0.717, 1.165) is 25.6 Å². The highest BCUT2D eigenvalue weighted by atomic mass is 35.5. The zero-order chi connectivity index (χ0) is 17.7. The van der Waals surface area contributed by atoms with Crippen LogP contribution in [0.3, 0.4) is 0 Å². The summed E-state index contributed by atoms with van der Waals surface area (Å²) in [4.78, 5) is 15.2. The predicted molar refractivity (Wildman–Crippen MR) is 101 cm³/mol. The summed E-state index contributed by atoms with van der Waals surface area (Å²) in [5.41, 5.74) is 0.703. The molecule has 0 radical (unpaired) electrons. The average Bonchev–Trinajstić information content (AvgIpc) is 3.39. The number of rotatable bonds is 4. The number of ether oxygens (including phenoxy) is 1. The van der Waals surface area contributed by atoms with Crippen molar-refractivity contribution in [3.05, 3.63) is 34.9 Å². The standard InChI is InChI=1S/C21H27ClN2O2/c22-15-5-3-4-14(10-15)20(25)23-11-17-18-12-24(16-6-1-2-7-16)13-21(18)9-8-19(17)26-21/h3-5,10,16-19H,1-2,6-9,11-13H2,(H,23,25)/t17-,18+,19+,21+/m0/s1. The first-order valence-electron chi connectivity index (χ1n) is 10.1. The van der Waals surface area contributed by atoms with E-state index < -0.39 is 0 Å². The Morgan fingerprint density at radius 3 is 2.96 bits per heavy atom. The van der Waals surface area contributed by atoms with Gasteiger partial charge in [0.05, 0.1) is 11.7 Å². The first-order chi connectivity index (χ1) is 12.6. The van der Waals surface area contributed by atoms with Gasteiger partial charge in [-0.05, 0) is 43.9 Å². The van der Waals surface area contributed by atoms with Crippen molar-refractivity contribution in [2.45, 2.75) is 56.3 Å². The Morgan fingerprint density at radius 1 is 1.31 bits per heavy atom. The lowest BCUT2D eigenvalue weighted by molar-refractivity contribution is -0.000874. The summed E-state index contributed by atoms with van der Waals surface area (Å²) in [7, 11) is 0. The number of carbonyl (C=O) groups excluding carboxylic acids is 1. The van der Waals surface area contributed by atoms with Crippen LogP contribution in [-0.2, 0) is 4.74 Å². The minimum Gasteiger partial charge on any atom is -0.370 e. The van der Waals surface area contributed by atoms with Crippen LogP contribution in [0.2, 0.25) is 5.02 Å². The molecule has 0 aromatic heterocycles. The van der Waals surface area contributed by atoms with Crippen LogP contribution >= 0.6 is 11.6 Å². The maximum Gasteiger partial charge on any atom is 0.251 e. The molecule has 2 bridgehead atoms. The van der Waals surface area contributed by atoms with Gasteiger partial charge >= 0.3 is 0 Å². The second-order valence-corrected chi connectivity index (χ2v) is 9.05. The van der Waals surface area contributed by atoms with Gasteiger partial charge < -0.3 is 10.1 Å². The maximum absolute atomic E-state index is 12.5. The van der Waals surface area contributed by atoms with Gasteiger partial charge in [-0.3, -0.25) is 9.69 Å². The third kappa shape index (κ3) is 2.78. The van der Waals surface area contributed by atoms with E-state index in [0.29, 0.717) is 35.1 Å². The summed E-state index contributed by atoms with van der Waals surface area (Å²) < 4.78 is 6.53. The molecule has 1 aromatic carbocycles. The number of nitrogens with zero attached hydrogens (tertiary/aromatic N) is 1. The molecule has 0 unspecified atom stereocenters. The summed E-state index contributed by atoms with van der Waals surface area (Å²) in [5.74, 6) is 0.981. The number of carbonyl (C=O) groups is 1. The molecule has 4 fully saturated rings. The van der Waals surface area contributed by atoms with Crippen LogP contribution in [-0.4, -0.2) is 48.2 Å². The molecular formula is C21H27ClN2O2. The Bertz CT molecular complexity index is 705. The third-order valence-electron chi connectivity index (χ3n) is 7.24. The summed E-state index contributed by atoms with van der Waals surface area (Å²) in [6.07, 6.45) is 8.12. The molecule has 1 N–H and O–H groups in total. The van der Waals surface area contributed by atoms with Gasteiger partial charge in [-0.2, -0.15) is 0 Å². The Kier molecular flexibility index (Phi) is 4.26. The predicted octanol–water partition coefficient (Wildman–Crippen LogP) is 3.49. The first-order valence-corrected chi connectivity index (χ1v) is 10.5. The number of amides is 1. The van der Waals surface area contributed by atoms with Crippen LogP contribution in [0.15, 0.2) is 24.3 Å². The Hall–Kier alpha value is -1.10. The second-order valence-electron chi connectivity index (χ2n) is 8.62. The van der Waals surface area contributed by atoms with E-state index in [9.17, 15) is 4.79 Å². The van der Waals surface area contributed by atoms with Crippen molar-refractivity contribution in [2.24, 2.45) is 11.8 Å². The number of likely N-dealkylation sites (tertiary alicyclic amines) is 1. The molecule has 3 heterocycles. The average molecular weight is 375 g/mol. The quantitative estimate of drug-likeness (QED) is 0.877. The van der Waals surface area contributed by atoms with Gasteiger partial charge in [-0.1, -0.05) is 30.5 Å². The summed E-state index contributed by atoms with van der Waals surface area (Å²) in [5, 5.41) is 3.75. The minimum atomic E-state index is -0.0324. The Morgan fingerprint density at radius 2 is 2.15 bits per heavy atom. The van der Waals surface area contributed by atoms with Crippen LogP contribution in [0.4, 0.5) is 0 Å². The first kappa shape index (κ1) is 17.0. The molecule has 26 heavy (non-hydrogen) atoms. The Balaban J connectivity index is 1.26. The lowest BCUT2D eigenvalue weighted by Crippen LogP contribution is -2.41. The van der Waals surface area contributed by atoms with Gasteiger partial charge in [0.1, 0.15) is 0 Å². The van der Waals surface area contributed by atoms with E-state index in [2.05, 4.69) is 10.2 Å². The molecule has 3 aliphatic heterocycles. The van der Waals surface area contributed by atoms with Crippen molar-refractivity contribution in [3.8, 4) is 0 Å². The highest BCUT2D eigenvalue weighted by Crippen LogP contribution is 2.55. The van der Waals surface area contributed by atoms with Crippen LogP contribution in [0.5, 0.6) is 0 Å². The van der Waals surface area contributed by atoms with Crippen LogP contribution in [0.25, 0.3) is 0 Å². The van der Waals surface area contributed by atoms with Crippen LogP contribution in [0, 0.1) is 11.8 Å². The van der Waals surface area contributed by atoms with Crippen molar-refractivity contribution in [2.75, 3.05) is 19.6 Å². The van der Waals surface area contributed by atoms with Crippen molar-refractivity contribution in [3.63, 3.8) is 0 Å². The van der Waals surface area contributed by atoms with Crippen LogP contribution in [0.1, 0.15) is 48.9 Å². The molecule has 1 saturated carbocycles. The molecule has 3 saturated heterocycles. The molecule has 5 rings (SSSR count). The fourth-order valence-corrected chi connectivity index (χ4v) is 6.18. The zero-order valence-electron chi connectivity index (χ0n) is 15.1. The smallest absolute Gasteiger partial charge is 0.251 e. The molecule has 1 spiro atoms. The Labute approximate surface area is 160 Å². The fourth-order valence-electron chi connectivity index (χ4n) is 5.99. The SMILES string of the molecule is O=C(NC[C@H]1[C@H]2CN(C3CCCC3)C[C@]23CC[C@H]1O3)c1cccc(Cl)c1. The monoisotopic (exact) mass is 374 g/mol. The molecule has 1 amide bonds. The van der Waals surface area contributed by atoms with Gasteiger partial charge in [-0.15, -0.1) is 0 Å². The number of hydrogen-bond acceptors (Lipinski definition) is 3. The third-order valence-corrected chi connectivity index (χ3v) is 7.47. The maximum atomic E-state index is 12.5. The van der Waals surface area contributed by atoms with E-state index in [1.807, 2.05) is 12.1 Å². The van der Waals surface area contributed by atoms with E-state index >= 15 is 0 Å². The molecule has 4 nitrogen and oxygen atoms in total. The normalized spacial score (nSPS) is 36.6. The lowest BCUT2D eigenvalue weighted by Gasteiger charge is -2.29. The minimum absolute atomic E-state index is 0.0324. The van der Waals surface area contributed by atoms with Gasteiger partial charge in [0.2, 0.25) is 0 Å². The molecule has 1 aliphatic carbocycles. The van der Waals surface area contributed by atoms with E-state index in [1.165, 1.54) is 32.1 Å². The van der Waals surface area contributed by atoms with Gasteiger partial charge in [-0.25, -0.2) is 0 Å². The molecule has 4 atom stereocenters. The molecular weight excluding hydrogens is 348 g/mol. The molecule has 4 aliphatic rings. The lowest BCUT2D eigenvalue weighted by atomic mass is 9.73. The molecule has 1 aromatic rings. The molecule has 140 valence electrons. The van der Waals surface area contributed by atoms with Crippen molar-refractivity contribution >= 4 is 17.5 Å². The number of hydrogen-bond donors (Lipinski definition) is 1. The summed E-state index contributed by atoms with van der Waals surface area (Å²) in [6.45, 7) is 2.97. The van der Waals surface area contributed by atoms with Gasteiger partial charge in [0, 0.05) is 48.1 Å². The zero-order valence-corrected chi connectivity index (χ0v) is 15.9. The highest BCUT2D eigenvalue weighted by Gasteiger charge is 2.63. The van der Waals surface area contributed by atoms with E-state index in [-0.39, 0.29) is 11.5 Å². The van der Waals surface area contributed by atoms with E-state index in [1.54, 1.807) is 12.1 Å². The van der Waals surface area contributed by atoms with E-state index in [4.69, 9.17) is 16.3 Å². The molecule has 5 heteroatoms. The second kappa shape index (κ2) is 6.50. The summed E-state index contributed by atoms with van der Waals surface area (Å²) in [6, 6.07) is 7.93. The van der Waals surface area contributed by atoms with Crippen molar-refractivity contribution in [1.82, 2.24) is 10.2 Å². The number of benzene rings is 1. The topological polar surface area (TPSA) is 41.6 Å². The van der Waals surface area contributed by atoms with Gasteiger partial charge in [0.25, 0.3) is 5.91 Å². The highest BCUT2D eigenvalue weighted by molar-refractivity contribution is 6.30. The van der Waals surface area contributed by atoms with Gasteiger partial charge in [0.15, 0.2) is 0 Å². The number of nitrogens with one attached hydrogen (secondary N) is 1. The van der Waals surface area contributed by atoms with Crippen LogP contribution < -0.4 is 5.32 Å². The van der Waals surface area contributed by atoms with Crippen molar-refractivity contribution in [1.29, 1.82) is 0 Å². The summed E-state index contributed by atoms with van der Waals surface area (Å²) >= 11 is 6.01. The largest absolute Gasteiger partial charge is 0.370 e. The van der Waals surface area contributed by atoms with Crippen molar-refractivity contribution < 1.29 is 9.53 Å².